The van der Waals surface area contributed by atoms with Gasteiger partial charge in [-0.25, -0.2) is 4.39 Å². The molecule has 0 saturated carbocycles. The largest absolute Gasteiger partial charge is 0.416 e. The lowest BCUT2D eigenvalue weighted by atomic mass is 10.1. The van der Waals surface area contributed by atoms with Gasteiger partial charge >= 0.3 is 6.18 Å². The molecule has 15 heavy (non-hydrogen) atoms. The van der Waals surface area contributed by atoms with Crippen molar-refractivity contribution in [2.24, 2.45) is 0 Å². The van der Waals surface area contributed by atoms with Crippen molar-refractivity contribution in [3.05, 3.63) is 35.1 Å². The quantitative estimate of drug-likeness (QED) is 0.615. The zero-order valence-electron chi connectivity index (χ0n) is 7.85. The van der Waals surface area contributed by atoms with E-state index in [1.54, 1.807) is 0 Å². The molecule has 0 spiro atoms. The van der Waals surface area contributed by atoms with Gasteiger partial charge in [0.05, 0.1) is 5.56 Å². The Kier molecular flexibility index (Phi) is 3.31. The van der Waals surface area contributed by atoms with E-state index < -0.39 is 17.6 Å². The Bertz CT molecular complexity index is 348. The molecule has 1 aromatic carbocycles. The summed E-state index contributed by atoms with van der Waals surface area (Å²) in [5.41, 5.74) is -1.24. The zero-order chi connectivity index (χ0) is 11.6. The average molecular weight is 223 g/mol. The van der Waals surface area contributed by atoms with Gasteiger partial charge in [-0.05, 0) is 23.8 Å². The van der Waals surface area contributed by atoms with Crippen molar-refractivity contribution in [1.29, 1.82) is 0 Å². The van der Waals surface area contributed by atoms with Crippen LogP contribution in [0.3, 0.4) is 0 Å². The maximum atomic E-state index is 12.7. The molecule has 84 valence electrons. The van der Waals surface area contributed by atoms with Crippen LogP contribution in [0, 0.1) is 5.82 Å². The second-order valence-electron chi connectivity index (χ2n) is 3.11. The van der Waals surface area contributed by atoms with Crippen LogP contribution in [0.2, 0.25) is 0 Å². The zero-order valence-corrected chi connectivity index (χ0v) is 7.85. The van der Waals surface area contributed by atoms with E-state index in [1.807, 2.05) is 0 Å². The number of nitrogens with zero attached hydrogens (tertiary/aromatic N) is 1. The fourth-order valence-corrected chi connectivity index (χ4v) is 1.22. The maximum absolute atomic E-state index is 12.7. The van der Waals surface area contributed by atoms with Gasteiger partial charge in [-0.3, -0.25) is 0 Å². The molecule has 0 unspecified atom stereocenters. The predicted octanol–water partition coefficient (Wildman–Crippen LogP) is 2.67. The second-order valence-corrected chi connectivity index (χ2v) is 3.11. The minimum absolute atomic E-state index is 0.299. The van der Waals surface area contributed by atoms with Crippen LogP contribution in [0.4, 0.5) is 17.6 Å². The third-order valence-electron chi connectivity index (χ3n) is 1.77. The number of halogens is 4. The molecule has 0 aliphatic carbocycles. The van der Waals surface area contributed by atoms with Gasteiger partial charge in [0.25, 0.3) is 0 Å². The summed E-state index contributed by atoms with van der Waals surface area (Å²) in [5, 5.41) is 9.39. The molecule has 0 amide bonds. The van der Waals surface area contributed by atoms with E-state index >= 15 is 0 Å². The Morgan fingerprint density at radius 3 is 2.40 bits per heavy atom. The van der Waals surface area contributed by atoms with Crippen LogP contribution in [0.1, 0.15) is 11.1 Å². The number of hydrogen-bond donors (Lipinski definition) is 1. The molecule has 2 nitrogen and oxygen atoms in total. The fourth-order valence-electron chi connectivity index (χ4n) is 1.22. The summed E-state index contributed by atoms with van der Waals surface area (Å²) in [4.78, 5) is 0. The molecule has 6 heteroatoms. The lowest BCUT2D eigenvalue weighted by Gasteiger charge is -2.15. The van der Waals surface area contributed by atoms with Crippen molar-refractivity contribution < 1.29 is 22.8 Å². The van der Waals surface area contributed by atoms with Crippen LogP contribution < -0.4 is 0 Å². The first-order chi connectivity index (χ1) is 6.80. The summed E-state index contributed by atoms with van der Waals surface area (Å²) in [6.45, 7) is -0.382. The van der Waals surface area contributed by atoms with E-state index in [0.717, 1.165) is 12.1 Å². The number of rotatable bonds is 2. The third kappa shape index (κ3) is 3.17. The van der Waals surface area contributed by atoms with Crippen LogP contribution in [0.15, 0.2) is 18.2 Å². The van der Waals surface area contributed by atoms with Gasteiger partial charge < -0.3 is 5.21 Å². The van der Waals surface area contributed by atoms with Gasteiger partial charge in [-0.1, -0.05) is 0 Å². The van der Waals surface area contributed by atoms with Gasteiger partial charge in [0.2, 0.25) is 0 Å². The molecule has 0 aliphatic rings. The molecule has 1 N–H and O–H groups in total. The first kappa shape index (κ1) is 11.9. The van der Waals surface area contributed by atoms with E-state index in [0.29, 0.717) is 11.1 Å². The van der Waals surface area contributed by atoms with Crippen molar-refractivity contribution in [2.45, 2.75) is 12.7 Å². The highest BCUT2D eigenvalue weighted by atomic mass is 19.4. The van der Waals surface area contributed by atoms with E-state index in [9.17, 15) is 17.6 Å². The molecular formula is C9H9F4NO. The standard InChI is InChI=1S/C9H9F4NO/c1-14(15)5-6-4-7(10)2-3-8(6)9(11,12)13/h2-4,15H,5H2,1H3. The van der Waals surface area contributed by atoms with Crippen molar-refractivity contribution in [3.8, 4) is 0 Å². The summed E-state index contributed by atoms with van der Waals surface area (Å²) in [6, 6.07) is 2.16. The Morgan fingerprint density at radius 2 is 1.93 bits per heavy atom. The monoisotopic (exact) mass is 223 g/mol. The molecule has 0 bridgehead atoms. The highest BCUT2D eigenvalue weighted by molar-refractivity contribution is 5.30. The van der Waals surface area contributed by atoms with E-state index in [4.69, 9.17) is 5.21 Å². The third-order valence-corrected chi connectivity index (χ3v) is 1.77. The SMILES string of the molecule is CN(O)Cc1cc(F)ccc1C(F)(F)F. The lowest BCUT2D eigenvalue weighted by molar-refractivity contribution is -0.139. The van der Waals surface area contributed by atoms with E-state index in [2.05, 4.69) is 0 Å². The van der Waals surface area contributed by atoms with Crippen LogP contribution in [0.5, 0.6) is 0 Å². The normalized spacial score (nSPS) is 12.2. The van der Waals surface area contributed by atoms with Crippen LogP contribution in [-0.2, 0) is 12.7 Å². The van der Waals surface area contributed by atoms with Crippen LogP contribution in [-0.4, -0.2) is 17.3 Å². The highest BCUT2D eigenvalue weighted by Gasteiger charge is 2.33. The Balaban J connectivity index is 3.15. The first-order valence-corrected chi connectivity index (χ1v) is 4.06. The molecule has 1 rings (SSSR count). The molecule has 0 atom stereocenters. The Labute approximate surface area is 83.7 Å². The highest BCUT2D eigenvalue weighted by Crippen LogP contribution is 2.32. The van der Waals surface area contributed by atoms with Crippen molar-refractivity contribution >= 4 is 0 Å². The maximum Gasteiger partial charge on any atom is 0.416 e. The van der Waals surface area contributed by atoms with Crippen LogP contribution in [0.25, 0.3) is 0 Å². The number of hydroxylamine groups is 2. The summed E-state index contributed by atoms with van der Waals surface area (Å²) in [6.07, 6.45) is -4.54. The average Bonchev–Trinajstić information content (AvgIpc) is 1.99. The van der Waals surface area contributed by atoms with Gasteiger partial charge in [0.1, 0.15) is 5.82 Å². The Morgan fingerprint density at radius 1 is 1.33 bits per heavy atom. The van der Waals surface area contributed by atoms with Gasteiger partial charge in [0, 0.05) is 13.6 Å². The first-order valence-electron chi connectivity index (χ1n) is 4.06. The molecular weight excluding hydrogens is 214 g/mol. The Hall–Kier alpha value is -1.14. The molecule has 1 aromatic rings. The molecule has 0 saturated heterocycles. The minimum atomic E-state index is -4.54. The van der Waals surface area contributed by atoms with Crippen molar-refractivity contribution in [2.75, 3.05) is 7.05 Å². The van der Waals surface area contributed by atoms with Gasteiger partial charge in [-0.15, -0.1) is 0 Å². The molecule has 0 aliphatic heterocycles. The van der Waals surface area contributed by atoms with Gasteiger partial charge in [-0.2, -0.15) is 18.2 Å². The topological polar surface area (TPSA) is 23.5 Å². The summed E-state index contributed by atoms with van der Waals surface area (Å²) in [7, 11) is 1.19. The minimum Gasteiger partial charge on any atom is -0.314 e. The smallest absolute Gasteiger partial charge is 0.314 e. The summed E-state index contributed by atoms with van der Waals surface area (Å²) < 4.78 is 49.9. The number of hydrogen-bond acceptors (Lipinski definition) is 2. The molecule has 0 aromatic heterocycles. The van der Waals surface area contributed by atoms with Crippen molar-refractivity contribution in [1.82, 2.24) is 5.06 Å². The second kappa shape index (κ2) is 4.16. The molecule has 0 fully saturated rings. The number of alkyl halides is 3. The molecule has 0 heterocycles. The predicted molar refractivity (Wildman–Crippen MR) is 44.7 cm³/mol. The lowest BCUT2D eigenvalue weighted by Crippen LogP contribution is -2.17. The number of benzene rings is 1. The van der Waals surface area contributed by atoms with Crippen molar-refractivity contribution in [3.63, 3.8) is 0 Å². The van der Waals surface area contributed by atoms with E-state index in [1.165, 1.54) is 7.05 Å². The fraction of sp³-hybridized carbons (Fsp3) is 0.333. The summed E-state index contributed by atoms with van der Waals surface area (Å²) >= 11 is 0. The molecule has 0 radical (unpaired) electrons. The van der Waals surface area contributed by atoms with E-state index in [-0.39, 0.29) is 12.1 Å². The summed E-state index contributed by atoms with van der Waals surface area (Å²) in [5.74, 6) is -0.764. The van der Waals surface area contributed by atoms with Crippen LogP contribution >= 0.6 is 0 Å². The van der Waals surface area contributed by atoms with Gasteiger partial charge in [0.15, 0.2) is 0 Å².